The van der Waals surface area contributed by atoms with Gasteiger partial charge in [-0.05, 0) is 60.7 Å². The van der Waals surface area contributed by atoms with E-state index in [2.05, 4.69) is 203 Å². The molecule has 0 spiro atoms. The molecule has 0 saturated carbocycles. The molecule has 0 radical (unpaired) electrons. The van der Waals surface area contributed by atoms with Crippen LogP contribution in [-0.4, -0.2) is 29.1 Å². The molecule has 0 bridgehead atoms. The molecule has 0 atom stereocenters. The molecule has 298 valence electrons. The third-order valence-electron chi connectivity index (χ3n) is 12.5. The van der Waals surface area contributed by atoms with Crippen molar-refractivity contribution >= 4 is 65.4 Å². The molecule has 4 aromatic heterocycles. The van der Waals surface area contributed by atoms with Gasteiger partial charge in [0.2, 0.25) is 0 Å². The lowest BCUT2D eigenvalue weighted by Crippen LogP contribution is -1.98. The van der Waals surface area contributed by atoms with Gasteiger partial charge < -0.3 is 9.13 Å². The molecule has 0 unspecified atom stereocenters. The van der Waals surface area contributed by atoms with E-state index in [1.54, 1.807) is 0 Å². The minimum Gasteiger partial charge on any atom is -0.309 e. The number of aromatic nitrogens is 6. The first-order valence-electron chi connectivity index (χ1n) is 21.6. The van der Waals surface area contributed by atoms with Crippen molar-refractivity contribution in [1.29, 1.82) is 0 Å². The maximum atomic E-state index is 5.22. The lowest BCUT2D eigenvalue weighted by Gasteiger charge is -2.13. The number of hydrogen-bond acceptors (Lipinski definition) is 4. The lowest BCUT2D eigenvalue weighted by atomic mass is 10.1. The average molecular weight is 817 g/mol. The summed E-state index contributed by atoms with van der Waals surface area (Å²) in [4.78, 5) is 20.7. The highest BCUT2D eigenvalue weighted by Gasteiger charge is 2.22. The van der Waals surface area contributed by atoms with Gasteiger partial charge in [0, 0.05) is 65.9 Å². The van der Waals surface area contributed by atoms with Crippen LogP contribution in [-0.2, 0) is 0 Å². The van der Waals surface area contributed by atoms with Gasteiger partial charge in [-0.2, -0.15) is 0 Å². The van der Waals surface area contributed by atoms with Crippen LogP contribution in [0, 0.1) is 0 Å². The Morgan fingerprint density at radius 3 is 1.09 bits per heavy atom. The second-order valence-electron chi connectivity index (χ2n) is 16.2. The fraction of sp³-hybridized carbons (Fsp3) is 0. The summed E-state index contributed by atoms with van der Waals surface area (Å²) in [5, 5.41) is 6.87. The summed E-state index contributed by atoms with van der Waals surface area (Å²) >= 11 is 0. The van der Waals surface area contributed by atoms with Crippen molar-refractivity contribution in [3.05, 3.63) is 218 Å². The van der Waals surface area contributed by atoms with Gasteiger partial charge in [0.05, 0.1) is 44.5 Å². The highest BCUT2D eigenvalue weighted by Crippen LogP contribution is 2.43. The van der Waals surface area contributed by atoms with Crippen molar-refractivity contribution in [2.75, 3.05) is 0 Å². The molecule has 6 heteroatoms. The molecule has 0 saturated heterocycles. The van der Waals surface area contributed by atoms with Crippen LogP contribution in [0.5, 0.6) is 0 Å². The summed E-state index contributed by atoms with van der Waals surface area (Å²) in [6.45, 7) is 0. The fourth-order valence-electron chi connectivity index (χ4n) is 9.69. The minimum absolute atomic E-state index is 0.693. The maximum Gasteiger partial charge on any atom is 0.160 e. The van der Waals surface area contributed by atoms with Crippen molar-refractivity contribution < 1.29 is 0 Å². The number of para-hydroxylation sites is 4. The molecule has 9 aromatic carbocycles. The molecule has 0 aliphatic carbocycles. The van der Waals surface area contributed by atoms with Crippen LogP contribution < -0.4 is 0 Å². The molecule has 0 N–H and O–H groups in total. The Labute approximate surface area is 368 Å². The second-order valence-corrected chi connectivity index (χ2v) is 16.2. The van der Waals surface area contributed by atoms with E-state index < -0.39 is 0 Å². The molecule has 13 rings (SSSR count). The Morgan fingerprint density at radius 2 is 0.641 bits per heavy atom. The van der Waals surface area contributed by atoms with Gasteiger partial charge in [0.15, 0.2) is 11.6 Å². The number of benzene rings is 9. The van der Waals surface area contributed by atoms with Crippen molar-refractivity contribution in [1.82, 2.24) is 29.1 Å². The van der Waals surface area contributed by atoms with E-state index >= 15 is 0 Å². The van der Waals surface area contributed by atoms with Crippen molar-refractivity contribution in [2.45, 2.75) is 0 Å². The number of hydrogen-bond donors (Lipinski definition) is 0. The van der Waals surface area contributed by atoms with Crippen molar-refractivity contribution in [3.8, 4) is 56.7 Å². The van der Waals surface area contributed by atoms with Gasteiger partial charge in [0.25, 0.3) is 0 Å². The van der Waals surface area contributed by atoms with Gasteiger partial charge in [0.1, 0.15) is 0 Å². The highest BCUT2D eigenvalue weighted by molar-refractivity contribution is 6.29. The Bertz CT molecular complexity index is 3700. The topological polar surface area (TPSA) is 61.4 Å². The van der Waals surface area contributed by atoms with E-state index in [9.17, 15) is 0 Å². The Balaban J connectivity index is 0.997. The summed E-state index contributed by atoms with van der Waals surface area (Å²) in [5.41, 5.74) is 14.3. The summed E-state index contributed by atoms with van der Waals surface area (Å²) in [5.74, 6) is 1.39. The minimum atomic E-state index is 0.693. The summed E-state index contributed by atoms with van der Waals surface area (Å²) < 4.78 is 4.78. The smallest absolute Gasteiger partial charge is 0.160 e. The first-order chi connectivity index (χ1) is 31.7. The summed E-state index contributed by atoms with van der Waals surface area (Å²) in [6, 6.07) is 76.6. The number of fused-ring (bicyclic) bond motifs is 9. The lowest BCUT2D eigenvalue weighted by molar-refractivity contribution is 1.16. The monoisotopic (exact) mass is 816 g/mol. The van der Waals surface area contributed by atoms with Crippen LogP contribution in [0.15, 0.2) is 218 Å². The molecule has 4 heterocycles. The van der Waals surface area contributed by atoms with Gasteiger partial charge in [-0.3, -0.25) is 0 Å². The molecule has 0 amide bonds. The fourth-order valence-corrected chi connectivity index (χ4v) is 9.69. The SMILES string of the molecule is c1ccc(-c2nc(-c3cccc(-n4c5ccccc5c5c6c7ccccc7n(-c7cccc(-c8nc(-c9ccccc9)c9ccccc9n8)c7)c6ccc54)c3)nc3ccccc23)cc1. The molecule has 0 fully saturated rings. The van der Waals surface area contributed by atoms with Gasteiger partial charge >= 0.3 is 0 Å². The van der Waals surface area contributed by atoms with E-state index in [4.69, 9.17) is 19.9 Å². The predicted octanol–water partition coefficient (Wildman–Crippen LogP) is 14.4. The third kappa shape index (κ3) is 5.66. The van der Waals surface area contributed by atoms with Gasteiger partial charge in [-0.25, -0.2) is 19.9 Å². The molecular weight excluding hydrogens is 781 g/mol. The van der Waals surface area contributed by atoms with Crippen LogP contribution in [0.25, 0.3) is 122 Å². The van der Waals surface area contributed by atoms with E-state index in [-0.39, 0.29) is 0 Å². The van der Waals surface area contributed by atoms with Crippen molar-refractivity contribution in [3.63, 3.8) is 0 Å². The zero-order chi connectivity index (χ0) is 42.1. The first-order valence-corrected chi connectivity index (χ1v) is 21.6. The zero-order valence-corrected chi connectivity index (χ0v) is 34.5. The van der Waals surface area contributed by atoms with E-state index in [0.29, 0.717) is 11.6 Å². The molecule has 0 aliphatic heterocycles. The van der Waals surface area contributed by atoms with Crippen molar-refractivity contribution in [2.24, 2.45) is 0 Å². The van der Waals surface area contributed by atoms with Gasteiger partial charge in [-0.15, -0.1) is 0 Å². The zero-order valence-electron chi connectivity index (χ0n) is 34.5. The Kier molecular flexibility index (Phi) is 8.11. The predicted molar refractivity (Wildman–Crippen MR) is 263 cm³/mol. The second kappa shape index (κ2) is 14.4. The first kappa shape index (κ1) is 36.0. The number of rotatable bonds is 6. The normalized spacial score (nSPS) is 11.8. The summed E-state index contributed by atoms with van der Waals surface area (Å²) in [6.07, 6.45) is 0. The Hall–Kier alpha value is -8.74. The van der Waals surface area contributed by atoms with Crippen LogP contribution in [0.4, 0.5) is 0 Å². The van der Waals surface area contributed by atoms with Gasteiger partial charge in [-0.1, -0.05) is 158 Å². The molecule has 13 aromatic rings. The standard InChI is InChI=1S/C58H36N6/c1-3-17-37(18-4-1)55-43-25-7-11-29-47(43)59-57(61-55)39-21-15-23-41(35-39)63-49-31-13-9-27-45(49)53-51(63)33-34-52-54(53)46-28-10-14-32-50(46)64(52)42-24-16-22-40(36-42)58-60-48-30-12-8-26-44(48)56(62-58)38-19-5-2-6-20-38/h1-36H. The third-order valence-corrected chi connectivity index (χ3v) is 12.5. The highest BCUT2D eigenvalue weighted by atomic mass is 15.0. The summed E-state index contributed by atoms with van der Waals surface area (Å²) in [7, 11) is 0. The maximum absolute atomic E-state index is 5.22. The largest absolute Gasteiger partial charge is 0.309 e. The average Bonchev–Trinajstić information content (AvgIpc) is 3.89. The van der Waals surface area contributed by atoms with E-state index in [0.717, 1.165) is 88.9 Å². The van der Waals surface area contributed by atoms with Crippen LogP contribution in [0.3, 0.4) is 0 Å². The molecular formula is C58H36N6. The van der Waals surface area contributed by atoms with Crippen LogP contribution >= 0.6 is 0 Å². The number of nitrogens with zero attached hydrogens (tertiary/aromatic N) is 6. The Morgan fingerprint density at radius 1 is 0.266 bits per heavy atom. The van der Waals surface area contributed by atoms with E-state index in [1.807, 2.05) is 24.3 Å². The van der Waals surface area contributed by atoms with Crippen LogP contribution in [0.1, 0.15) is 0 Å². The molecule has 6 nitrogen and oxygen atoms in total. The quantitative estimate of drug-likeness (QED) is 0.168. The molecule has 0 aliphatic rings. The molecule has 64 heavy (non-hydrogen) atoms. The van der Waals surface area contributed by atoms with E-state index in [1.165, 1.54) is 21.5 Å². The van der Waals surface area contributed by atoms with Crippen LogP contribution in [0.2, 0.25) is 0 Å².